The molecule has 0 saturated carbocycles. The van der Waals surface area contributed by atoms with Gasteiger partial charge in [0.25, 0.3) is 0 Å². The molecule has 124 valence electrons. The molecule has 0 unspecified atom stereocenters. The van der Waals surface area contributed by atoms with Gasteiger partial charge in [-0.1, -0.05) is 13.8 Å². The minimum absolute atomic E-state index is 0.780. The maximum Gasteiger partial charge on any atom is 0.190 e. The largest absolute Gasteiger partial charge is 0.379 e. The van der Waals surface area contributed by atoms with Crippen LogP contribution in [0.5, 0.6) is 0 Å². The average molecular weight is 298 g/mol. The van der Waals surface area contributed by atoms with E-state index in [0.717, 1.165) is 51.3 Å². The molecule has 5 nitrogen and oxygen atoms in total. The van der Waals surface area contributed by atoms with Crippen LogP contribution in [0, 0.1) is 5.92 Å². The predicted octanol–water partition coefficient (Wildman–Crippen LogP) is 1.70. The molecule has 1 rings (SSSR count). The van der Waals surface area contributed by atoms with E-state index in [9.17, 15) is 0 Å². The Morgan fingerprint density at radius 3 is 2.38 bits per heavy atom. The fourth-order valence-corrected chi connectivity index (χ4v) is 2.43. The molecule has 0 amide bonds. The van der Waals surface area contributed by atoms with Crippen molar-refractivity contribution in [3.63, 3.8) is 0 Å². The molecule has 21 heavy (non-hydrogen) atoms. The zero-order valence-corrected chi connectivity index (χ0v) is 14.2. The number of guanidine groups is 1. The Morgan fingerprint density at radius 1 is 1.10 bits per heavy atom. The Kier molecular flexibility index (Phi) is 10.3. The van der Waals surface area contributed by atoms with Crippen LogP contribution < -0.4 is 10.6 Å². The highest BCUT2D eigenvalue weighted by atomic mass is 16.5. The van der Waals surface area contributed by atoms with Crippen molar-refractivity contribution >= 4 is 5.96 Å². The van der Waals surface area contributed by atoms with E-state index >= 15 is 0 Å². The van der Waals surface area contributed by atoms with E-state index in [2.05, 4.69) is 34.4 Å². The Labute approximate surface area is 130 Å². The van der Waals surface area contributed by atoms with E-state index in [1.165, 1.54) is 32.2 Å². The normalized spacial score (nSPS) is 17.2. The number of hydrogen-bond donors (Lipinski definition) is 2. The lowest BCUT2D eigenvalue weighted by Crippen LogP contribution is -2.39. The Balaban J connectivity index is 1.96. The minimum atomic E-state index is 0.780. The van der Waals surface area contributed by atoms with Crippen LogP contribution >= 0.6 is 0 Å². The third-order valence-electron chi connectivity index (χ3n) is 3.77. The molecule has 1 saturated heterocycles. The van der Waals surface area contributed by atoms with Gasteiger partial charge in [0, 0.05) is 33.2 Å². The van der Waals surface area contributed by atoms with Gasteiger partial charge in [0.15, 0.2) is 5.96 Å². The molecule has 1 heterocycles. The van der Waals surface area contributed by atoms with Gasteiger partial charge in [-0.2, -0.15) is 0 Å². The summed E-state index contributed by atoms with van der Waals surface area (Å²) in [6.45, 7) is 11.7. The first-order valence-corrected chi connectivity index (χ1v) is 8.47. The quantitative estimate of drug-likeness (QED) is 0.386. The number of hydrogen-bond acceptors (Lipinski definition) is 3. The first kappa shape index (κ1) is 18.2. The Morgan fingerprint density at radius 2 is 1.76 bits per heavy atom. The standard InChI is InChI=1S/C16H34N4O/c1-15(2)7-6-9-19-16(17-3)18-8-4-5-10-20-11-13-21-14-12-20/h15H,4-14H2,1-3H3,(H2,17,18,19). The van der Waals surface area contributed by atoms with Crippen LogP contribution in [0.3, 0.4) is 0 Å². The maximum absolute atomic E-state index is 5.36. The molecule has 2 N–H and O–H groups in total. The Bertz CT molecular complexity index is 275. The zero-order chi connectivity index (χ0) is 15.3. The first-order valence-electron chi connectivity index (χ1n) is 8.47. The van der Waals surface area contributed by atoms with Gasteiger partial charge in [-0.15, -0.1) is 0 Å². The van der Waals surface area contributed by atoms with Gasteiger partial charge in [0.05, 0.1) is 13.2 Å². The molecule has 0 aliphatic carbocycles. The highest BCUT2D eigenvalue weighted by Crippen LogP contribution is 2.01. The van der Waals surface area contributed by atoms with Crippen molar-refractivity contribution in [2.75, 3.05) is 53.0 Å². The summed E-state index contributed by atoms with van der Waals surface area (Å²) in [6, 6.07) is 0. The van der Waals surface area contributed by atoms with Crippen molar-refractivity contribution in [1.29, 1.82) is 0 Å². The van der Waals surface area contributed by atoms with Gasteiger partial charge < -0.3 is 15.4 Å². The number of ether oxygens (including phenoxy) is 1. The van der Waals surface area contributed by atoms with Crippen molar-refractivity contribution in [2.45, 2.75) is 39.5 Å². The van der Waals surface area contributed by atoms with Gasteiger partial charge in [0.1, 0.15) is 0 Å². The molecule has 0 aromatic carbocycles. The number of rotatable bonds is 9. The molecule has 0 spiro atoms. The van der Waals surface area contributed by atoms with Crippen LogP contribution in [0.2, 0.25) is 0 Å². The maximum atomic E-state index is 5.36. The van der Waals surface area contributed by atoms with E-state index in [4.69, 9.17) is 4.74 Å². The average Bonchev–Trinajstić information content (AvgIpc) is 2.50. The van der Waals surface area contributed by atoms with Gasteiger partial charge >= 0.3 is 0 Å². The highest BCUT2D eigenvalue weighted by molar-refractivity contribution is 5.79. The van der Waals surface area contributed by atoms with E-state index in [0.29, 0.717) is 0 Å². The second-order valence-corrected chi connectivity index (χ2v) is 6.12. The molecular formula is C16H34N4O. The van der Waals surface area contributed by atoms with Crippen LogP contribution in [0.1, 0.15) is 39.5 Å². The number of aliphatic imine (C=N–C) groups is 1. The third-order valence-corrected chi connectivity index (χ3v) is 3.77. The van der Waals surface area contributed by atoms with Crippen LogP contribution in [0.15, 0.2) is 4.99 Å². The van der Waals surface area contributed by atoms with Crippen molar-refractivity contribution in [2.24, 2.45) is 10.9 Å². The summed E-state index contributed by atoms with van der Waals surface area (Å²) in [5, 5.41) is 6.77. The van der Waals surface area contributed by atoms with E-state index in [1.54, 1.807) is 0 Å². The summed E-state index contributed by atoms with van der Waals surface area (Å²) in [5.74, 6) is 1.71. The summed E-state index contributed by atoms with van der Waals surface area (Å²) in [4.78, 5) is 6.75. The molecule has 0 atom stereocenters. The molecule has 0 bridgehead atoms. The topological polar surface area (TPSA) is 48.9 Å². The van der Waals surface area contributed by atoms with Gasteiger partial charge in [-0.05, 0) is 38.1 Å². The molecule has 5 heteroatoms. The molecule has 0 radical (unpaired) electrons. The summed E-state index contributed by atoms with van der Waals surface area (Å²) < 4.78 is 5.36. The minimum Gasteiger partial charge on any atom is -0.379 e. The van der Waals surface area contributed by atoms with Gasteiger partial charge in [-0.25, -0.2) is 0 Å². The summed E-state index contributed by atoms with van der Waals surface area (Å²) in [6.07, 6.45) is 4.89. The first-order chi connectivity index (χ1) is 10.2. The fourth-order valence-electron chi connectivity index (χ4n) is 2.43. The Hall–Kier alpha value is -0.810. The second kappa shape index (κ2) is 11.8. The summed E-state index contributed by atoms with van der Waals surface area (Å²) >= 11 is 0. The lowest BCUT2D eigenvalue weighted by Gasteiger charge is -2.26. The molecule has 1 aliphatic heterocycles. The summed E-state index contributed by atoms with van der Waals surface area (Å²) in [7, 11) is 1.84. The number of unbranched alkanes of at least 4 members (excludes halogenated alkanes) is 1. The van der Waals surface area contributed by atoms with Gasteiger partial charge in [-0.3, -0.25) is 9.89 Å². The molecule has 0 aromatic heterocycles. The van der Waals surface area contributed by atoms with Crippen molar-refractivity contribution in [3.05, 3.63) is 0 Å². The van der Waals surface area contributed by atoms with Crippen molar-refractivity contribution in [3.8, 4) is 0 Å². The fraction of sp³-hybridized carbons (Fsp3) is 0.938. The highest BCUT2D eigenvalue weighted by Gasteiger charge is 2.08. The SMILES string of the molecule is CN=C(NCCCCN1CCOCC1)NCCCC(C)C. The van der Waals surface area contributed by atoms with Crippen molar-refractivity contribution < 1.29 is 4.74 Å². The molecular weight excluding hydrogens is 264 g/mol. The number of nitrogens with zero attached hydrogens (tertiary/aromatic N) is 2. The second-order valence-electron chi connectivity index (χ2n) is 6.12. The molecule has 1 aliphatic rings. The smallest absolute Gasteiger partial charge is 0.190 e. The lowest BCUT2D eigenvalue weighted by molar-refractivity contribution is 0.0372. The zero-order valence-electron chi connectivity index (χ0n) is 14.2. The number of nitrogens with one attached hydrogen (secondary N) is 2. The van der Waals surface area contributed by atoms with Crippen LogP contribution in [-0.2, 0) is 4.74 Å². The monoisotopic (exact) mass is 298 g/mol. The van der Waals surface area contributed by atoms with Crippen LogP contribution in [0.25, 0.3) is 0 Å². The lowest BCUT2D eigenvalue weighted by atomic mass is 10.1. The molecule has 1 fully saturated rings. The number of morpholine rings is 1. The van der Waals surface area contributed by atoms with Crippen molar-refractivity contribution in [1.82, 2.24) is 15.5 Å². The summed E-state index contributed by atoms with van der Waals surface area (Å²) in [5.41, 5.74) is 0. The van der Waals surface area contributed by atoms with E-state index in [-0.39, 0.29) is 0 Å². The molecule has 0 aromatic rings. The van der Waals surface area contributed by atoms with Gasteiger partial charge in [0.2, 0.25) is 0 Å². The third kappa shape index (κ3) is 9.69. The van der Waals surface area contributed by atoms with E-state index in [1.807, 2.05) is 7.05 Å². The van der Waals surface area contributed by atoms with Crippen LogP contribution in [0.4, 0.5) is 0 Å². The van der Waals surface area contributed by atoms with Crippen LogP contribution in [-0.4, -0.2) is 63.8 Å². The predicted molar refractivity (Wildman–Crippen MR) is 89.9 cm³/mol. The van der Waals surface area contributed by atoms with E-state index < -0.39 is 0 Å².